The van der Waals surface area contributed by atoms with Crippen molar-refractivity contribution in [2.24, 2.45) is 0 Å². The Labute approximate surface area is 141 Å². The van der Waals surface area contributed by atoms with Crippen molar-refractivity contribution < 1.29 is 9.21 Å². The van der Waals surface area contributed by atoms with Crippen LogP contribution in [0.5, 0.6) is 0 Å². The molecule has 2 heterocycles. The number of amides is 1. The van der Waals surface area contributed by atoms with Crippen LogP contribution in [0.15, 0.2) is 47.1 Å². The number of nitrogens with zero attached hydrogens (tertiary/aromatic N) is 2. The lowest BCUT2D eigenvalue weighted by Gasteiger charge is -2.34. The fourth-order valence-corrected chi connectivity index (χ4v) is 3.01. The first-order chi connectivity index (χ1) is 11.2. The number of aryl methyl sites for hydroxylation is 1. The highest BCUT2D eigenvalue weighted by Crippen LogP contribution is 2.13. The SMILES string of the molecule is O=C(c1ccco1)N1CCN(CCCc2ccc(Cl)cc2)CC1. The quantitative estimate of drug-likeness (QED) is 0.842. The second-order valence-corrected chi connectivity index (χ2v) is 6.28. The Morgan fingerprint density at radius 2 is 1.83 bits per heavy atom. The van der Waals surface area contributed by atoms with Gasteiger partial charge in [-0.05, 0) is 49.2 Å². The second-order valence-electron chi connectivity index (χ2n) is 5.84. The van der Waals surface area contributed by atoms with Crippen LogP contribution in [0.3, 0.4) is 0 Å². The highest BCUT2D eigenvalue weighted by molar-refractivity contribution is 6.30. The van der Waals surface area contributed by atoms with Gasteiger partial charge in [-0.2, -0.15) is 0 Å². The van der Waals surface area contributed by atoms with Gasteiger partial charge in [0, 0.05) is 31.2 Å². The molecule has 1 aliphatic rings. The molecule has 1 aromatic carbocycles. The fourth-order valence-electron chi connectivity index (χ4n) is 2.89. The molecule has 0 saturated carbocycles. The Bertz CT molecular complexity index is 617. The van der Waals surface area contributed by atoms with Crippen LogP contribution < -0.4 is 0 Å². The summed E-state index contributed by atoms with van der Waals surface area (Å²) in [6.07, 6.45) is 3.72. The number of rotatable bonds is 5. The summed E-state index contributed by atoms with van der Waals surface area (Å²) in [4.78, 5) is 16.5. The highest BCUT2D eigenvalue weighted by atomic mass is 35.5. The van der Waals surface area contributed by atoms with Gasteiger partial charge in [-0.3, -0.25) is 9.69 Å². The van der Waals surface area contributed by atoms with Crippen LogP contribution in [0.4, 0.5) is 0 Å². The monoisotopic (exact) mass is 332 g/mol. The third-order valence-electron chi connectivity index (χ3n) is 4.24. The number of piperazine rings is 1. The van der Waals surface area contributed by atoms with Gasteiger partial charge < -0.3 is 9.32 Å². The van der Waals surface area contributed by atoms with E-state index in [2.05, 4.69) is 17.0 Å². The number of benzene rings is 1. The summed E-state index contributed by atoms with van der Waals surface area (Å²) in [6.45, 7) is 4.44. The van der Waals surface area contributed by atoms with Crippen LogP contribution in [0.1, 0.15) is 22.5 Å². The summed E-state index contributed by atoms with van der Waals surface area (Å²) in [5.74, 6) is 0.428. The Kier molecular flexibility index (Phi) is 5.36. The van der Waals surface area contributed by atoms with E-state index in [9.17, 15) is 4.79 Å². The minimum Gasteiger partial charge on any atom is -0.459 e. The maximum Gasteiger partial charge on any atom is 0.289 e. The number of halogens is 1. The summed E-state index contributed by atoms with van der Waals surface area (Å²) in [7, 11) is 0. The molecule has 0 aliphatic carbocycles. The normalized spacial score (nSPS) is 15.8. The van der Waals surface area contributed by atoms with Crippen molar-refractivity contribution in [1.29, 1.82) is 0 Å². The van der Waals surface area contributed by atoms with E-state index in [-0.39, 0.29) is 5.91 Å². The summed E-state index contributed by atoms with van der Waals surface area (Å²) in [5, 5.41) is 0.783. The van der Waals surface area contributed by atoms with E-state index in [4.69, 9.17) is 16.0 Å². The van der Waals surface area contributed by atoms with Gasteiger partial charge >= 0.3 is 0 Å². The third-order valence-corrected chi connectivity index (χ3v) is 4.50. The van der Waals surface area contributed by atoms with Crippen molar-refractivity contribution in [3.8, 4) is 0 Å². The molecule has 0 bridgehead atoms. The fraction of sp³-hybridized carbons (Fsp3) is 0.389. The predicted octanol–water partition coefficient (Wildman–Crippen LogP) is 3.32. The molecule has 23 heavy (non-hydrogen) atoms. The van der Waals surface area contributed by atoms with E-state index in [0.717, 1.165) is 50.6 Å². The van der Waals surface area contributed by atoms with Crippen LogP contribution in [0, 0.1) is 0 Å². The van der Waals surface area contributed by atoms with Crippen molar-refractivity contribution in [1.82, 2.24) is 9.80 Å². The van der Waals surface area contributed by atoms with E-state index in [1.807, 2.05) is 17.0 Å². The number of furan rings is 1. The van der Waals surface area contributed by atoms with Crippen LogP contribution >= 0.6 is 11.6 Å². The molecule has 1 amide bonds. The first-order valence-corrected chi connectivity index (χ1v) is 8.40. The van der Waals surface area contributed by atoms with Gasteiger partial charge in [0.05, 0.1) is 6.26 Å². The number of carbonyl (C=O) groups excluding carboxylic acids is 1. The topological polar surface area (TPSA) is 36.7 Å². The molecule has 0 spiro atoms. The second kappa shape index (κ2) is 7.66. The van der Waals surface area contributed by atoms with E-state index < -0.39 is 0 Å². The summed E-state index contributed by atoms with van der Waals surface area (Å²) in [5.41, 5.74) is 1.32. The zero-order valence-corrected chi connectivity index (χ0v) is 13.8. The van der Waals surface area contributed by atoms with Crippen molar-refractivity contribution in [2.75, 3.05) is 32.7 Å². The first kappa shape index (κ1) is 16.1. The maximum atomic E-state index is 12.2. The van der Waals surface area contributed by atoms with Gasteiger partial charge in [0.15, 0.2) is 5.76 Å². The van der Waals surface area contributed by atoms with Crippen molar-refractivity contribution >= 4 is 17.5 Å². The average molecular weight is 333 g/mol. The average Bonchev–Trinajstić information content (AvgIpc) is 3.11. The molecular formula is C18H21ClN2O2. The summed E-state index contributed by atoms with van der Waals surface area (Å²) >= 11 is 5.90. The lowest BCUT2D eigenvalue weighted by molar-refractivity contribution is 0.0605. The van der Waals surface area contributed by atoms with Crippen molar-refractivity contribution in [2.45, 2.75) is 12.8 Å². The van der Waals surface area contributed by atoms with Gasteiger partial charge in [0.25, 0.3) is 5.91 Å². The van der Waals surface area contributed by atoms with Crippen LogP contribution in [0.2, 0.25) is 5.02 Å². The van der Waals surface area contributed by atoms with E-state index in [1.54, 1.807) is 18.4 Å². The summed E-state index contributed by atoms with van der Waals surface area (Å²) in [6, 6.07) is 11.5. The zero-order valence-electron chi connectivity index (χ0n) is 13.1. The summed E-state index contributed by atoms with van der Waals surface area (Å²) < 4.78 is 5.18. The Morgan fingerprint density at radius 1 is 1.09 bits per heavy atom. The minimum absolute atomic E-state index is 0.00388. The largest absolute Gasteiger partial charge is 0.459 e. The molecule has 122 valence electrons. The molecule has 0 unspecified atom stereocenters. The molecule has 3 rings (SSSR count). The maximum absolute atomic E-state index is 12.2. The molecule has 2 aromatic rings. The van der Waals surface area contributed by atoms with Gasteiger partial charge in [-0.25, -0.2) is 0 Å². The molecule has 0 atom stereocenters. The first-order valence-electron chi connectivity index (χ1n) is 8.02. The van der Waals surface area contributed by atoms with E-state index in [1.165, 1.54) is 5.56 Å². The van der Waals surface area contributed by atoms with Crippen LogP contribution in [-0.2, 0) is 6.42 Å². The molecular weight excluding hydrogens is 312 g/mol. The van der Waals surface area contributed by atoms with Crippen LogP contribution in [-0.4, -0.2) is 48.4 Å². The Balaban J connectivity index is 1.39. The molecule has 0 N–H and O–H groups in total. The third kappa shape index (κ3) is 4.36. The predicted molar refractivity (Wildman–Crippen MR) is 90.8 cm³/mol. The molecule has 1 fully saturated rings. The highest BCUT2D eigenvalue weighted by Gasteiger charge is 2.23. The van der Waals surface area contributed by atoms with Gasteiger partial charge in [-0.15, -0.1) is 0 Å². The molecule has 5 heteroatoms. The van der Waals surface area contributed by atoms with Gasteiger partial charge in [0.2, 0.25) is 0 Å². The molecule has 1 aromatic heterocycles. The number of hydrogen-bond acceptors (Lipinski definition) is 3. The lowest BCUT2D eigenvalue weighted by atomic mass is 10.1. The Morgan fingerprint density at radius 3 is 2.48 bits per heavy atom. The number of hydrogen-bond donors (Lipinski definition) is 0. The molecule has 1 aliphatic heterocycles. The van der Waals surface area contributed by atoms with Crippen molar-refractivity contribution in [3.05, 3.63) is 59.0 Å². The Hall–Kier alpha value is -1.78. The van der Waals surface area contributed by atoms with E-state index >= 15 is 0 Å². The van der Waals surface area contributed by atoms with Gasteiger partial charge in [-0.1, -0.05) is 23.7 Å². The standard InChI is InChI=1S/C18H21ClN2O2/c19-16-7-5-15(6-8-16)3-1-9-20-10-12-21(13-11-20)18(22)17-4-2-14-23-17/h2,4-8,14H,1,3,9-13H2. The molecule has 0 radical (unpaired) electrons. The minimum atomic E-state index is -0.00388. The van der Waals surface area contributed by atoms with E-state index in [0.29, 0.717) is 5.76 Å². The van der Waals surface area contributed by atoms with Crippen molar-refractivity contribution in [3.63, 3.8) is 0 Å². The molecule has 1 saturated heterocycles. The molecule has 4 nitrogen and oxygen atoms in total. The van der Waals surface area contributed by atoms with Crippen LogP contribution in [0.25, 0.3) is 0 Å². The van der Waals surface area contributed by atoms with Gasteiger partial charge in [0.1, 0.15) is 0 Å². The number of carbonyl (C=O) groups is 1. The zero-order chi connectivity index (χ0) is 16.1. The lowest BCUT2D eigenvalue weighted by Crippen LogP contribution is -2.48. The smallest absolute Gasteiger partial charge is 0.289 e.